The normalized spacial score (nSPS) is 11.4. The number of halogens is 1. The van der Waals surface area contributed by atoms with Gasteiger partial charge in [0.1, 0.15) is 5.69 Å². The van der Waals surface area contributed by atoms with Crippen molar-refractivity contribution in [1.82, 2.24) is 20.2 Å². The maximum atomic E-state index is 5.98. The number of hydrogen-bond acceptors (Lipinski definition) is 6. The zero-order chi connectivity index (χ0) is 16.4. The molecule has 0 saturated carbocycles. The molecule has 4 rings (SSSR count). The molecule has 0 aliphatic rings. The number of nitrogens with zero attached hydrogens (tertiary/aromatic N) is 4. The SMILES string of the molecule is Clc1ccc2c(C=NNc3nnc(-c4ccccn4)s3)c[nH]c2c1. The van der Waals surface area contributed by atoms with Gasteiger partial charge in [-0.05, 0) is 24.3 Å². The smallest absolute Gasteiger partial charge is 0.226 e. The number of anilines is 1. The van der Waals surface area contributed by atoms with Gasteiger partial charge in [-0.1, -0.05) is 35.1 Å². The Morgan fingerprint density at radius 2 is 2.17 bits per heavy atom. The lowest BCUT2D eigenvalue weighted by Crippen LogP contribution is -1.89. The Labute approximate surface area is 146 Å². The molecule has 4 aromatic rings. The van der Waals surface area contributed by atoms with Crippen LogP contribution < -0.4 is 5.43 Å². The van der Waals surface area contributed by atoms with E-state index < -0.39 is 0 Å². The zero-order valence-corrected chi connectivity index (χ0v) is 13.8. The number of rotatable bonds is 4. The summed E-state index contributed by atoms with van der Waals surface area (Å²) >= 11 is 7.37. The Kier molecular flexibility index (Phi) is 3.94. The van der Waals surface area contributed by atoms with Gasteiger partial charge in [-0.2, -0.15) is 5.10 Å². The van der Waals surface area contributed by atoms with Gasteiger partial charge >= 0.3 is 0 Å². The van der Waals surface area contributed by atoms with Gasteiger partial charge in [-0.15, -0.1) is 10.2 Å². The Balaban J connectivity index is 1.50. The number of aromatic nitrogens is 4. The Morgan fingerprint density at radius 3 is 3.04 bits per heavy atom. The molecule has 0 aliphatic carbocycles. The minimum absolute atomic E-state index is 0.606. The monoisotopic (exact) mass is 354 g/mol. The van der Waals surface area contributed by atoms with Crippen molar-refractivity contribution < 1.29 is 0 Å². The van der Waals surface area contributed by atoms with Gasteiger partial charge in [-0.3, -0.25) is 10.4 Å². The summed E-state index contributed by atoms with van der Waals surface area (Å²) in [6.45, 7) is 0. The van der Waals surface area contributed by atoms with Crippen LogP contribution in [0.5, 0.6) is 0 Å². The van der Waals surface area contributed by atoms with Gasteiger partial charge in [-0.25, -0.2) is 0 Å². The Morgan fingerprint density at radius 1 is 1.21 bits per heavy atom. The molecule has 24 heavy (non-hydrogen) atoms. The molecule has 6 nitrogen and oxygen atoms in total. The van der Waals surface area contributed by atoms with E-state index in [4.69, 9.17) is 11.6 Å². The lowest BCUT2D eigenvalue weighted by Gasteiger charge is -1.94. The minimum Gasteiger partial charge on any atom is -0.360 e. The third kappa shape index (κ3) is 2.99. The van der Waals surface area contributed by atoms with Crippen LogP contribution in [0.1, 0.15) is 5.56 Å². The lowest BCUT2D eigenvalue weighted by molar-refractivity contribution is 1.07. The predicted molar refractivity (Wildman–Crippen MR) is 97.7 cm³/mol. The highest BCUT2D eigenvalue weighted by atomic mass is 35.5. The van der Waals surface area contributed by atoms with Gasteiger partial charge < -0.3 is 4.98 Å². The molecule has 0 amide bonds. The van der Waals surface area contributed by atoms with Crippen molar-refractivity contribution in [3.63, 3.8) is 0 Å². The summed E-state index contributed by atoms with van der Waals surface area (Å²) in [6.07, 6.45) is 5.34. The van der Waals surface area contributed by atoms with Gasteiger partial charge in [0.25, 0.3) is 0 Å². The molecule has 0 fully saturated rings. The van der Waals surface area contributed by atoms with E-state index in [1.165, 1.54) is 11.3 Å². The molecular weight excluding hydrogens is 344 g/mol. The first-order chi connectivity index (χ1) is 11.8. The third-order valence-corrected chi connectivity index (χ3v) is 4.43. The topological polar surface area (TPSA) is 78.8 Å². The van der Waals surface area contributed by atoms with Gasteiger partial charge in [0.2, 0.25) is 5.13 Å². The van der Waals surface area contributed by atoms with Crippen LogP contribution in [0, 0.1) is 0 Å². The second-order valence-corrected chi connectivity index (χ2v) is 6.35. The number of nitrogens with one attached hydrogen (secondary N) is 2. The van der Waals surface area contributed by atoms with Gasteiger partial charge in [0.15, 0.2) is 5.01 Å². The minimum atomic E-state index is 0.606. The van der Waals surface area contributed by atoms with Crippen molar-refractivity contribution in [1.29, 1.82) is 0 Å². The largest absolute Gasteiger partial charge is 0.360 e. The molecule has 118 valence electrons. The molecule has 0 unspecified atom stereocenters. The summed E-state index contributed by atoms with van der Waals surface area (Å²) in [5, 5.41) is 15.5. The van der Waals surface area contributed by atoms with Crippen molar-refractivity contribution in [2.45, 2.75) is 0 Å². The Hall–Kier alpha value is -2.77. The van der Waals surface area contributed by atoms with Gasteiger partial charge in [0.05, 0.1) is 6.21 Å². The van der Waals surface area contributed by atoms with E-state index in [1.807, 2.05) is 42.6 Å². The summed E-state index contributed by atoms with van der Waals surface area (Å²) in [6, 6.07) is 11.4. The number of aromatic amines is 1. The van der Waals surface area contributed by atoms with Crippen molar-refractivity contribution in [3.05, 3.63) is 59.4 Å². The maximum Gasteiger partial charge on any atom is 0.226 e. The third-order valence-electron chi connectivity index (χ3n) is 3.35. The van der Waals surface area contributed by atoms with Gasteiger partial charge in [0, 0.05) is 33.9 Å². The molecule has 2 N–H and O–H groups in total. The summed E-state index contributed by atoms with van der Waals surface area (Å²) in [5.41, 5.74) is 5.62. The molecule has 0 bridgehead atoms. The zero-order valence-electron chi connectivity index (χ0n) is 12.3. The number of hydrazone groups is 1. The first kappa shape index (κ1) is 14.8. The fraction of sp³-hybridized carbons (Fsp3) is 0. The average Bonchev–Trinajstić information content (AvgIpc) is 3.23. The summed E-state index contributed by atoms with van der Waals surface area (Å²) in [5.74, 6) is 0. The van der Waals surface area contributed by atoms with Crippen molar-refractivity contribution in [2.24, 2.45) is 5.10 Å². The number of fused-ring (bicyclic) bond motifs is 1. The summed E-state index contributed by atoms with van der Waals surface area (Å²) in [7, 11) is 0. The second kappa shape index (κ2) is 6.38. The van der Waals surface area contributed by atoms with Crippen LogP contribution in [0.2, 0.25) is 5.02 Å². The molecule has 0 saturated heterocycles. The van der Waals surface area contributed by atoms with E-state index in [2.05, 4.69) is 30.7 Å². The average molecular weight is 355 g/mol. The quantitative estimate of drug-likeness (QED) is 0.425. The van der Waals surface area contributed by atoms with Crippen LogP contribution in [0.4, 0.5) is 5.13 Å². The molecular formula is C16H11ClN6S. The van der Waals surface area contributed by atoms with E-state index in [-0.39, 0.29) is 0 Å². The van der Waals surface area contributed by atoms with E-state index in [1.54, 1.807) is 12.4 Å². The highest BCUT2D eigenvalue weighted by Crippen LogP contribution is 2.24. The number of hydrogen-bond donors (Lipinski definition) is 2. The Bertz CT molecular complexity index is 1010. The van der Waals surface area contributed by atoms with Crippen LogP contribution in [0.25, 0.3) is 21.6 Å². The molecule has 1 aromatic carbocycles. The number of pyridine rings is 1. The molecule has 0 spiro atoms. The molecule has 0 atom stereocenters. The van der Waals surface area contributed by atoms with Crippen LogP contribution in [0.15, 0.2) is 53.9 Å². The highest BCUT2D eigenvalue weighted by molar-refractivity contribution is 7.18. The molecule has 3 aromatic heterocycles. The number of benzene rings is 1. The van der Waals surface area contributed by atoms with Crippen molar-refractivity contribution in [3.8, 4) is 10.7 Å². The fourth-order valence-corrected chi connectivity index (χ4v) is 3.09. The molecule has 0 radical (unpaired) electrons. The fourth-order valence-electron chi connectivity index (χ4n) is 2.25. The lowest BCUT2D eigenvalue weighted by atomic mass is 10.2. The predicted octanol–water partition coefficient (Wildman–Crippen LogP) is 4.18. The number of H-pyrrole nitrogens is 1. The summed E-state index contributed by atoms with van der Waals surface area (Å²) < 4.78 is 0. The standard InChI is InChI=1S/C16H11ClN6S/c17-11-4-5-12-10(8-19-14(12)7-11)9-20-22-16-23-21-15(24-16)13-3-1-2-6-18-13/h1-9,19H,(H,22,23). The van der Waals surface area contributed by atoms with E-state index in [0.717, 1.165) is 27.2 Å². The van der Waals surface area contributed by atoms with Crippen LogP contribution in [0.3, 0.4) is 0 Å². The first-order valence-electron chi connectivity index (χ1n) is 7.10. The van der Waals surface area contributed by atoms with Crippen LogP contribution >= 0.6 is 22.9 Å². The molecule has 3 heterocycles. The maximum absolute atomic E-state index is 5.98. The molecule has 0 aliphatic heterocycles. The van der Waals surface area contributed by atoms with E-state index in [9.17, 15) is 0 Å². The first-order valence-corrected chi connectivity index (χ1v) is 8.30. The van der Waals surface area contributed by atoms with Crippen molar-refractivity contribution >= 4 is 45.2 Å². The second-order valence-electron chi connectivity index (χ2n) is 4.93. The van der Waals surface area contributed by atoms with E-state index in [0.29, 0.717) is 10.2 Å². The molecule has 8 heteroatoms. The summed E-state index contributed by atoms with van der Waals surface area (Å²) in [4.78, 5) is 7.42. The highest BCUT2D eigenvalue weighted by Gasteiger charge is 2.06. The van der Waals surface area contributed by atoms with Crippen LogP contribution in [-0.2, 0) is 0 Å². The van der Waals surface area contributed by atoms with Crippen LogP contribution in [-0.4, -0.2) is 26.4 Å². The van der Waals surface area contributed by atoms with E-state index >= 15 is 0 Å². The van der Waals surface area contributed by atoms with Crippen molar-refractivity contribution in [2.75, 3.05) is 5.43 Å².